The first kappa shape index (κ1) is 9.97. The minimum atomic E-state index is 0.120. The van der Waals surface area contributed by atoms with Gasteiger partial charge in [0.2, 0.25) is 5.91 Å². The molecular formula is C11H20N2O. The van der Waals surface area contributed by atoms with Gasteiger partial charge in [-0.3, -0.25) is 4.79 Å². The molecule has 2 rings (SSSR count). The molecular weight excluding hydrogens is 176 g/mol. The van der Waals surface area contributed by atoms with Crippen LogP contribution in [0.1, 0.15) is 39.0 Å². The van der Waals surface area contributed by atoms with Crippen molar-refractivity contribution in [1.29, 1.82) is 0 Å². The van der Waals surface area contributed by atoms with Crippen molar-refractivity contribution in [3.63, 3.8) is 0 Å². The van der Waals surface area contributed by atoms with Gasteiger partial charge in [-0.05, 0) is 38.0 Å². The van der Waals surface area contributed by atoms with Crippen LogP contribution in [-0.4, -0.2) is 18.0 Å². The van der Waals surface area contributed by atoms with Crippen LogP contribution in [0.2, 0.25) is 0 Å². The Hall–Kier alpha value is -0.570. The monoisotopic (exact) mass is 196 g/mol. The van der Waals surface area contributed by atoms with Crippen LogP contribution in [0, 0.1) is 11.8 Å². The SMILES string of the molecule is CC1CCC(NC(=O)C2CC2N)CC1. The first-order chi connectivity index (χ1) is 6.66. The number of hydrogen-bond donors (Lipinski definition) is 2. The van der Waals surface area contributed by atoms with Crippen molar-refractivity contribution >= 4 is 5.91 Å². The first-order valence-corrected chi connectivity index (χ1v) is 5.72. The van der Waals surface area contributed by atoms with Crippen LogP contribution < -0.4 is 11.1 Å². The molecule has 2 aliphatic rings. The average Bonchev–Trinajstić information content (AvgIpc) is 2.87. The van der Waals surface area contributed by atoms with Crippen LogP contribution in [0.5, 0.6) is 0 Å². The van der Waals surface area contributed by atoms with Gasteiger partial charge in [-0.2, -0.15) is 0 Å². The Kier molecular flexibility index (Phi) is 2.77. The third-order valence-electron chi connectivity index (χ3n) is 3.54. The molecule has 2 fully saturated rings. The van der Waals surface area contributed by atoms with Crippen molar-refractivity contribution in [1.82, 2.24) is 5.32 Å². The number of rotatable bonds is 2. The summed E-state index contributed by atoms with van der Waals surface area (Å²) in [5.74, 6) is 1.15. The summed E-state index contributed by atoms with van der Waals surface area (Å²) in [6.45, 7) is 2.29. The molecule has 0 aromatic heterocycles. The van der Waals surface area contributed by atoms with Crippen molar-refractivity contribution in [3.05, 3.63) is 0 Å². The van der Waals surface area contributed by atoms with E-state index in [1.807, 2.05) is 0 Å². The lowest BCUT2D eigenvalue weighted by Crippen LogP contribution is -2.39. The molecule has 0 saturated heterocycles. The van der Waals surface area contributed by atoms with Crippen molar-refractivity contribution in [3.8, 4) is 0 Å². The summed E-state index contributed by atoms with van der Waals surface area (Å²) in [5, 5.41) is 3.11. The van der Waals surface area contributed by atoms with Gasteiger partial charge in [0.05, 0.1) is 5.92 Å². The highest BCUT2D eigenvalue weighted by atomic mass is 16.2. The van der Waals surface area contributed by atoms with Gasteiger partial charge in [0.25, 0.3) is 0 Å². The predicted octanol–water partition coefficient (Wildman–Crippen LogP) is 1.03. The van der Waals surface area contributed by atoms with E-state index < -0.39 is 0 Å². The number of nitrogens with two attached hydrogens (primary N) is 1. The van der Waals surface area contributed by atoms with E-state index >= 15 is 0 Å². The maximum absolute atomic E-state index is 11.6. The molecule has 14 heavy (non-hydrogen) atoms. The average molecular weight is 196 g/mol. The van der Waals surface area contributed by atoms with Crippen LogP contribution in [0.25, 0.3) is 0 Å². The van der Waals surface area contributed by atoms with E-state index in [0.717, 1.165) is 25.2 Å². The summed E-state index contributed by atoms with van der Waals surface area (Å²) in [6, 6.07) is 0.559. The minimum Gasteiger partial charge on any atom is -0.353 e. The fourth-order valence-corrected chi connectivity index (χ4v) is 2.23. The highest BCUT2D eigenvalue weighted by Crippen LogP contribution is 2.29. The number of amides is 1. The predicted molar refractivity (Wildman–Crippen MR) is 55.6 cm³/mol. The molecule has 0 aromatic rings. The second kappa shape index (κ2) is 3.89. The molecule has 0 radical (unpaired) electrons. The maximum atomic E-state index is 11.6. The fraction of sp³-hybridized carbons (Fsp3) is 0.909. The Bertz CT molecular complexity index is 221. The van der Waals surface area contributed by atoms with Gasteiger partial charge in [-0.1, -0.05) is 6.92 Å². The topological polar surface area (TPSA) is 55.1 Å². The van der Waals surface area contributed by atoms with Gasteiger partial charge in [-0.25, -0.2) is 0 Å². The van der Waals surface area contributed by atoms with Crippen LogP contribution in [0.15, 0.2) is 0 Å². The van der Waals surface area contributed by atoms with Gasteiger partial charge < -0.3 is 11.1 Å². The summed E-state index contributed by atoms with van der Waals surface area (Å²) in [5.41, 5.74) is 5.63. The molecule has 2 aliphatic carbocycles. The number of hydrogen-bond acceptors (Lipinski definition) is 2. The largest absolute Gasteiger partial charge is 0.353 e. The fourth-order valence-electron chi connectivity index (χ4n) is 2.23. The van der Waals surface area contributed by atoms with Gasteiger partial charge in [0.15, 0.2) is 0 Å². The molecule has 3 heteroatoms. The zero-order valence-corrected chi connectivity index (χ0v) is 8.83. The minimum absolute atomic E-state index is 0.120. The molecule has 0 bridgehead atoms. The maximum Gasteiger partial charge on any atom is 0.224 e. The third-order valence-corrected chi connectivity index (χ3v) is 3.54. The highest BCUT2D eigenvalue weighted by molar-refractivity contribution is 5.82. The van der Waals surface area contributed by atoms with E-state index in [9.17, 15) is 4.79 Å². The highest BCUT2D eigenvalue weighted by Gasteiger charge is 2.40. The molecule has 2 saturated carbocycles. The van der Waals surface area contributed by atoms with Crippen LogP contribution in [-0.2, 0) is 4.79 Å². The molecule has 0 aromatic carbocycles. The number of carbonyl (C=O) groups is 1. The Labute approximate surface area is 85.4 Å². The molecule has 1 amide bonds. The Morgan fingerprint density at radius 2 is 1.86 bits per heavy atom. The zero-order valence-electron chi connectivity index (χ0n) is 8.83. The van der Waals surface area contributed by atoms with E-state index in [0.29, 0.717) is 6.04 Å². The molecule has 2 atom stereocenters. The summed E-state index contributed by atoms with van der Waals surface area (Å²) >= 11 is 0. The molecule has 3 N–H and O–H groups in total. The lowest BCUT2D eigenvalue weighted by Gasteiger charge is -2.26. The summed E-state index contributed by atoms with van der Waals surface area (Å²) < 4.78 is 0. The third kappa shape index (κ3) is 2.27. The molecule has 80 valence electrons. The normalized spacial score (nSPS) is 41.9. The molecule has 0 heterocycles. The summed E-state index contributed by atoms with van der Waals surface area (Å²) in [4.78, 5) is 11.6. The van der Waals surface area contributed by atoms with Crippen molar-refractivity contribution in [2.75, 3.05) is 0 Å². The van der Waals surface area contributed by atoms with E-state index in [2.05, 4.69) is 12.2 Å². The lowest BCUT2D eigenvalue weighted by molar-refractivity contribution is -0.123. The number of nitrogens with one attached hydrogen (secondary N) is 1. The van der Waals surface area contributed by atoms with Crippen LogP contribution in [0.4, 0.5) is 0 Å². The Morgan fingerprint density at radius 1 is 1.29 bits per heavy atom. The van der Waals surface area contributed by atoms with Gasteiger partial charge in [0.1, 0.15) is 0 Å². The van der Waals surface area contributed by atoms with E-state index in [4.69, 9.17) is 5.73 Å². The second-order valence-electron chi connectivity index (χ2n) is 4.97. The Balaban J connectivity index is 1.72. The standard InChI is InChI=1S/C11H20N2O/c1-7-2-4-8(5-3-7)13-11(14)9-6-10(9)12/h7-10H,2-6,12H2,1H3,(H,13,14). The van der Waals surface area contributed by atoms with Gasteiger partial charge in [-0.15, -0.1) is 0 Å². The van der Waals surface area contributed by atoms with Crippen molar-refractivity contribution < 1.29 is 4.79 Å². The van der Waals surface area contributed by atoms with Crippen molar-refractivity contribution in [2.24, 2.45) is 17.6 Å². The lowest BCUT2D eigenvalue weighted by atomic mass is 9.87. The van der Waals surface area contributed by atoms with Crippen LogP contribution in [0.3, 0.4) is 0 Å². The molecule has 2 unspecified atom stereocenters. The van der Waals surface area contributed by atoms with E-state index in [-0.39, 0.29) is 17.9 Å². The molecule has 3 nitrogen and oxygen atoms in total. The second-order valence-corrected chi connectivity index (χ2v) is 4.97. The van der Waals surface area contributed by atoms with Crippen molar-refractivity contribution in [2.45, 2.75) is 51.1 Å². The smallest absolute Gasteiger partial charge is 0.224 e. The Morgan fingerprint density at radius 3 is 2.36 bits per heavy atom. The van der Waals surface area contributed by atoms with Crippen LogP contribution >= 0.6 is 0 Å². The molecule has 0 aliphatic heterocycles. The summed E-state index contributed by atoms with van der Waals surface area (Å²) in [6.07, 6.45) is 5.68. The first-order valence-electron chi connectivity index (χ1n) is 5.72. The quantitative estimate of drug-likeness (QED) is 0.693. The van der Waals surface area contributed by atoms with E-state index in [1.165, 1.54) is 12.8 Å². The summed E-state index contributed by atoms with van der Waals surface area (Å²) in [7, 11) is 0. The number of carbonyl (C=O) groups excluding carboxylic acids is 1. The zero-order chi connectivity index (χ0) is 10.1. The van der Waals surface area contributed by atoms with Gasteiger partial charge in [0, 0.05) is 12.1 Å². The van der Waals surface area contributed by atoms with Gasteiger partial charge >= 0.3 is 0 Å². The van der Waals surface area contributed by atoms with E-state index in [1.54, 1.807) is 0 Å². The molecule has 0 spiro atoms.